The molecule has 1 aliphatic heterocycles. The summed E-state index contributed by atoms with van der Waals surface area (Å²) in [6.45, 7) is 5.34. The number of halogens is 1. The summed E-state index contributed by atoms with van der Waals surface area (Å²) in [6.07, 6.45) is 2.48. The molecule has 164 valence electrons. The Labute approximate surface area is 182 Å². The van der Waals surface area contributed by atoms with Gasteiger partial charge in [-0.25, -0.2) is 9.18 Å². The van der Waals surface area contributed by atoms with Crippen molar-refractivity contribution in [3.05, 3.63) is 70.8 Å². The normalized spacial score (nSPS) is 21.6. The van der Waals surface area contributed by atoms with Gasteiger partial charge in [-0.3, -0.25) is 9.69 Å². The number of carbonyl (C=O) groups excluding carboxylic acids is 1. The predicted molar refractivity (Wildman–Crippen MR) is 116 cm³/mol. The van der Waals surface area contributed by atoms with E-state index in [4.69, 9.17) is 5.11 Å². The zero-order valence-corrected chi connectivity index (χ0v) is 18.0. The average Bonchev–Trinajstić information content (AvgIpc) is 3.45. The summed E-state index contributed by atoms with van der Waals surface area (Å²) in [5, 5.41) is 12.4. The monoisotopic (exact) mass is 424 g/mol. The SMILES string of the molecule is CC1(C)C[C@H](C(=O)NC2(c3ccc(C(=O)O)cc3)CC2)N(Cc2ccc(CF)cc2)C1. The minimum atomic E-state index is -0.955. The number of likely N-dealkylation sites (tertiary alicyclic amines) is 1. The van der Waals surface area contributed by atoms with Crippen LogP contribution in [0.25, 0.3) is 0 Å². The minimum absolute atomic E-state index is 0.0192. The van der Waals surface area contributed by atoms with Crippen LogP contribution in [0.5, 0.6) is 0 Å². The van der Waals surface area contributed by atoms with Gasteiger partial charge in [0.25, 0.3) is 0 Å². The predicted octanol–water partition coefficient (Wildman–Crippen LogP) is 4.26. The molecule has 0 spiro atoms. The van der Waals surface area contributed by atoms with Crippen molar-refractivity contribution in [2.24, 2.45) is 5.41 Å². The number of alkyl halides is 1. The molecule has 2 aliphatic rings. The number of rotatable bonds is 7. The third-order valence-corrected chi connectivity index (χ3v) is 6.48. The Hall–Kier alpha value is -2.73. The van der Waals surface area contributed by atoms with Crippen molar-refractivity contribution in [2.75, 3.05) is 6.54 Å². The van der Waals surface area contributed by atoms with Crippen LogP contribution in [0.1, 0.15) is 60.2 Å². The number of nitrogens with one attached hydrogen (secondary N) is 1. The molecule has 0 radical (unpaired) electrons. The lowest BCUT2D eigenvalue weighted by atomic mass is 9.90. The molecule has 31 heavy (non-hydrogen) atoms. The average molecular weight is 425 g/mol. The molecule has 6 heteroatoms. The Morgan fingerprint density at radius 2 is 1.68 bits per heavy atom. The van der Waals surface area contributed by atoms with Gasteiger partial charge in [-0.05, 0) is 53.5 Å². The zero-order chi connectivity index (χ0) is 22.2. The summed E-state index contributed by atoms with van der Waals surface area (Å²) in [7, 11) is 0. The first-order valence-electron chi connectivity index (χ1n) is 10.8. The van der Waals surface area contributed by atoms with E-state index in [0.717, 1.165) is 36.9 Å². The summed E-state index contributed by atoms with van der Waals surface area (Å²) in [5.74, 6) is -0.936. The number of amides is 1. The van der Waals surface area contributed by atoms with Crippen LogP contribution in [0, 0.1) is 5.41 Å². The highest BCUT2D eigenvalue weighted by Crippen LogP contribution is 2.46. The fraction of sp³-hybridized carbons (Fsp3) is 0.440. The Morgan fingerprint density at radius 1 is 1.06 bits per heavy atom. The lowest BCUT2D eigenvalue weighted by Crippen LogP contribution is -2.46. The Balaban J connectivity index is 1.48. The molecule has 2 fully saturated rings. The molecule has 1 heterocycles. The molecule has 0 bridgehead atoms. The number of carbonyl (C=O) groups is 2. The van der Waals surface area contributed by atoms with Crippen molar-refractivity contribution in [1.82, 2.24) is 10.2 Å². The molecular formula is C25H29FN2O3. The van der Waals surface area contributed by atoms with Crippen LogP contribution in [-0.2, 0) is 23.6 Å². The first-order chi connectivity index (χ1) is 14.7. The fourth-order valence-electron chi connectivity index (χ4n) is 4.63. The molecule has 0 unspecified atom stereocenters. The third kappa shape index (κ3) is 4.64. The first-order valence-corrected chi connectivity index (χ1v) is 10.8. The van der Waals surface area contributed by atoms with Crippen LogP contribution in [0.15, 0.2) is 48.5 Å². The third-order valence-electron chi connectivity index (χ3n) is 6.48. The molecule has 1 atom stereocenters. The van der Waals surface area contributed by atoms with Crippen LogP contribution in [-0.4, -0.2) is 34.5 Å². The highest BCUT2D eigenvalue weighted by Gasteiger charge is 2.49. The highest BCUT2D eigenvalue weighted by atomic mass is 19.1. The van der Waals surface area contributed by atoms with Gasteiger partial charge >= 0.3 is 5.97 Å². The van der Waals surface area contributed by atoms with Crippen molar-refractivity contribution in [3.63, 3.8) is 0 Å². The van der Waals surface area contributed by atoms with E-state index in [9.17, 15) is 14.0 Å². The van der Waals surface area contributed by atoms with E-state index in [1.807, 2.05) is 12.1 Å². The number of hydrogen-bond acceptors (Lipinski definition) is 3. The van der Waals surface area contributed by atoms with Crippen molar-refractivity contribution >= 4 is 11.9 Å². The molecule has 0 aromatic heterocycles. The highest BCUT2D eigenvalue weighted by molar-refractivity contribution is 5.87. The van der Waals surface area contributed by atoms with E-state index in [1.54, 1.807) is 36.4 Å². The summed E-state index contributed by atoms with van der Waals surface area (Å²) in [6, 6.07) is 14.0. The van der Waals surface area contributed by atoms with Crippen LogP contribution >= 0.6 is 0 Å². The quantitative estimate of drug-likeness (QED) is 0.697. The van der Waals surface area contributed by atoms with Gasteiger partial charge in [0.15, 0.2) is 0 Å². The lowest BCUT2D eigenvalue weighted by molar-refractivity contribution is -0.126. The molecule has 4 rings (SSSR count). The second-order valence-electron chi connectivity index (χ2n) is 9.69. The van der Waals surface area contributed by atoms with Gasteiger partial charge in [0, 0.05) is 13.1 Å². The molecular weight excluding hydrogens is 395 g/mol. The second-order valence-corrected chi connectivity index (χ2v) is 9.69. The Kier molecular flexibility index (Phi) is 5.60. The number of carboxylic acids is 1. The van der Waals surface area contributed by atoms with E-state index in [0.29, 0.717) is 12.1 Å². The van der Waals surface area contributed by atoms with Crippen molar-refractivity contribution < 1.29 is 19.1 Å². The lowest BCUT2D eigenvalue weighted by Gasteiger charge is -2.27. The molecule has 1 amide bonds. The van der Waals surface area contributed by atoms with Crippen molar-refractivity contribution in [3.8, 4) is 0 Å². The van der Waals surface area contributed by atoms with Gasteiger partial charge in [-0.1, -0.05) is 50.2 Å². The molecule has 2 aromatic carbocycles. The van der Waals surface area contributed by atoms with E-state index >= 15 is 0 Å². The van der Waals surface area contributed by atoms with Crippen LogP contribution in [0.3, 0.4) is 0 Å². The van der Waals surface area contributed by atoms with Crippen LogP contribution in [0.4, 0.5) is 4.39 Å². The number of carboxylic acid groups (broad SMARTS) is 1. The largest absolute Gasteiger partial charge is 0.478 e. The molecule has 2 aromatic rings. The summed E-state index contributed by atoms with van der Waals surface area (Å²) < 4.78 is 12.8. The van der Waals surface area contributed by atoms with Gasteiger partial charge in [0.1, 0.15) is 6.67 Å². The van der Waals surface area contributed by atoms with Gasteiger partial charge in [0.2, 0.25) is 5.91 Å². The fourth-order valence-corrected chi connectivity index (χ4v) is 4.63. The number of aromatic carboxylic acids is 1. The molecule has 1 saturated heterocycles. The Bertz CT molecular complexity index is 965. The van der Waals surface area contributed by atoms with E-state index in [2.05, 4.69) is 24.1 Å². The summed E-state index contributed by atoms with van der Waals surface area (Å²) in [5.41, 5.74) is 2.56. The number of benzene rings is 2. The zero-order valence-electron chi connectivity index (χ0n) is 18.0. The number of nitrogens with zero attached hydrogens (tertiary/aromatic N) is 1. The maximum Gasteiger partial charge on any atom is 0.335 e. The van der Waals surface area contributed by atoms with E-state index < -0.39 is 18.2 Å². The molecule has 1 saturated carbocycles. The standard InChI is InChI=1S/C25H29FN2O3/c1-24(2)13-21(28(16-24)15-18-5-3-17(14-26)4-6-18)22(29)27-25(11-12-25)20-9-7-19(8-10-20)23(30)31/h3-10,21H,11-16H2,1-2H3,(H,27,29)(H,30,31)/t21-/m1/s1. The number of hydrogen-bond donors (Lipinski definition) is 2. The van der Waals surface area contributed by atoms with Crippen LogP contribution < -0.4 is 5.32 Å². The first kappa shape index (κ1) is 21.5. The van der Waals surface area contributed by atoms with Crippen LogP contribution in [0.2, 0.25) is 0 Å². The maximum atomic E-state index is 13.3. The summed E-state index contributed by atoms with van der Waals surface area (Å²) >= 11 is 0. The topological polar surface area (TPSA) is 69.6 Å². The van der Waals surface area contributed by atoms with E-state index in [-0.39, 0.29) is 22.9 Å². The van der Waals surface area contributed by atoms with E-state index in [1.165, 1.54) is 0 Å². The maximum absolute atomic E-state index is 13.3. The van der Waals surface area contributed by atoms with Gasteiger partial charge in [0.05, 0.1) is 17.1 Å². The second kappa shape index (κ2) is 8.08. The molecule has 1 aliphatic carbocycles. The molecule has 5 nitrogen and oxygen atoms in total. The van der Waals surface area contributed by atoms with Gasteiger partial charge in [-0.2, -0.15) is 0 Å². The molecule has 2 N–H and O–H groups in total. The minimum Gasteiger partial charge on any atom is -0.478 e. The smallest absolute Gasteiger partial charge is 0.335 e. The van der Waals surface area contributed by atoms with Gasteiger partial charge in [-0.15, -0.1) is 0 Å². The van der Waals surface area contributed by atoms with Gasteiger partial charge < -0.3 is 10.4 Å². The summed E-state index contributed by atoms with van der Waals surface area (Å²) in [4.78, 5) is 26.7. The van der Waals surface area contributed by atoms with Crippen molar-refractivity contribution in [2.45, 2.75) is 57.9 Å². The Morgan fingerprint density at radius 3 is 2.23 bits per heavy atom. The van der Waals surface area contributed by atoms with Crippen molar-refractivity contribution in [1.29, 1.82) is 0 Å².